The highest BCUT2D eigenvalue weighted by Gasteiger charge is 2.39. The zero-order valence-electron chi connectivity index (χ0n) is 7.71. The van der Waals surface area contributed by atoms with Crippen molar-refractivity contribution in [1.29, 1.82) is 0 Å². The van der Waals surface area contributed by atoms with Crippen LogP contribution in [0.25, 0.3) is 0 Å². The van der Waals surface area contributed by atoms with Crippen LogP contribution in [-0.4, -0.2) is 29.1 Å². The molecule has 2 atom stereocenters. The molecule has 1 N–H and O–H groups in total. The molecule has 0 spiro atoms. The lowest BCUT2D eigenvalue weighted by Gasteiger charge is -2.37. The van der Waals surface area contributed by atoms with E-state index in [0.717, 1.165) is 0 Å². The van der Waals surface area contributed by atoms with E-state index in [1.54, 1.807) is 0 Å². The summed E-state index contributed by atoms with van der Waals surface area (Å²) in [5.74, 6) is 0.284. The van der Waals surface area contributed by atoms with E-state index >= 15 is 0 Å². The van der Waals surface area contributed by atoms with Gasteiger partial charge in [0.05, 0.1) is 12.2 Å². The van der Waals surface area contributed by atoms with Gasteiger partial charge in [-0.05, 0) is 33.1 Å². The summed E-state index contributed by atoms with van der Waals surface area (Å²) in [4.78, 5) is 13.6. The highest BCUT2D eigenvalue weighted by molar-refractivity contribution is 5.84. The number of nitrogens with one attached hydrogen (secondary N) is 1. The Balaban J connectivity index is 2.07. The first-order valence-corrected chi connectivity index (χ1v) is 4.78. The monoisotopic (exact) mass is 168 g/mol. The van der Waals surface area contributed by atoms with Crippen molar-refractivity contribution in [2.45, 2.75) is 51.4 Å². The van der Waals surface area contributed by atoms with Crippen molar-refractivity contribution in [2.24, 2.45) is 0 Å². The smallest absolute Gasteiger partial charge is 0.240 e. The molecule has 3 heteroatoms. The molecular weight excluding hydrogens is 152 g/mol. The van der Waals surface area contributed by atoms with Gasteiger partial charge in [0.15, 0.2) is 0 Å². The van der Waals surface area contributed by atoms with Crippen molar-refractivity contribution in [3.05, 3.63) is 0 Å². The van der Waals surface area contributed by atoms with E-state index in [-0.39, 0.29) is 18.1 Å². The molecule has 0 radical (unpaired) electrons. The maximum absolute atomic E-state index is 11.6. The Kier molecular flexibility index (Phi) is 1.83. The SMILES string of the molecule is CC1NC(C)N(C2CCC2)C1=O. The summed E-state index contributed by atoms with van der Waals surface area (Å²) in [5.41, 5.74) is 0. The van der Waals surface area contributed by atoms with Gasteiger partial charge in [-0.25, -0.2) is 0 Å². The van der Waals surface area contributed by atoms with Crippen molar-refractivity contribution in [1.82, 2.24) is 10.2 Å². The van der Waals surface area contributed by atoms with Crippen LogP contribution in [0.4, 0.5) is 0 Å². The van der Waals surface area contributed by atoms with Gasteiger partial charge in [0.1, 0.15) is 0 Å². The fourth-order valence-electron chi connectivity index (χ4n) is 2.09. The van der Waals surface area contributed by atoms with E-state index in [1.807, 2.05) is 11.8 Å². The Morgan fingerprint density at radius 1 is 1.42 bits per heavy atom. The Hall–Kier alpha value is -0.570. The van der Waals surface area contributed by atoms with Crippen LogP contribution in [0.3, 0.4) is 0 Å². The van der Waals surface area contributed by atoms with Crippen molar-refractivity contribution in [3.8, 4) is 0 Å². The first kappa shape index (κ1) is 8.05. The molecule has 0 aromatic carbocycles. The Bertz CT molecular complexity index is 199. The summed E-state index contributed by atoms with van der Waals surface area (Å²) < 4.78 is 0. The summed E-state index contributed by atoms with van der Waals surface area (Å²) in [6.07, 6.45) is 3.93. The Labute approximate surface area is 73.1 Å². The molecular formula is C9H16N2O. The van der Waals surface area contributed by atoms with Crippen molar-refractivity contribution in [2.75, 3.05) is 0 Å². The first-order chi connectivity index (χ1) is 5.70. The van der Waals surface area contributed by atoms with Crippen molar-refractivity contribution >= 4 is 5.91 Å². The van der Waals surface area contributed by atoms with Crippen molar-refractivity contribution in [3.63, 3.8) is 0 Å². The summed E-state index contributed by atoms with van der Waals surface area (Å²) in [7, 11) is 0. The van der Waals surface area contributed by atoms with Gasteiger partial charge in [0.25, 0.3) is 0 Å². The molecule has 2 fully saturated rings. The fraction of sp³-hybridized carbons (Fsp3) is 0.889. The molecule has 0 bridgehead atoms. The second kappa shape index (κ2) is 2.73. The summed E-state index contributed by atoms with van der Waals surface area (Å²) in [6, 6.07) is 0.561. The van der Waals surface area contributed by atoms with Crippen LogP contribution in [0.2, 0.25) is 0 Å². The Morgan fingerprint density at radius 3 is 2.42 bits per heavy atom. The average Bonchev–Trinajstić information content (AvgIpc) is 2.13. The van der Waals surface area contributed by atoms with E-state index in [9.17, 15) is 4.79 Å². The van der Waals surface area contributed by atoms with E-state index in [1.165, 1.54) is 19.3 Å². The van der Waals surface area contributed by atoms with E-state index in [0.29, 0.717) is 6.04 Å². The quantitative estimate of drug-likeness (QED) is 0.625. The standard InChI is InChI=1S/C9H16N2O/c1-6-9(12)11(7(2)10-6)8-4-3-5-8/h6-8,10H,3-5H2,1-2H3. The molecule has 0 aromatic rings. The molecule has 3 nitrogen and oxygen atoms in total. The molecule has 2 unspecified atom stereocenters. The predicted molar refractivity (Wildman–Crippen MR) is 46.5 cm³/mol. The van der Waals surface area contributed by atoms with Crippen LogP contribution in [-0.2, 0) is 4.79 Å². The predicted octanol–water partition coefficient (Wildman–Crippen LogP) is 0.705. The highest BCUT2D eigenvalue weighted by atomic mass is 16.2. The molecule has 1 heterocycles. The van der Waals surface area contributed by atoms with Gasteiger partial charge < -0.3 is 4.90 Å². The van der Waals surface area contributed by atoms with Gasteiger partial charge in [-0.2, -0.15) is 0 Å². The second-order valence-electron chi connectivity index (χ2n) is 3.89. The van der Waals surface area contributed by atoms with Gasteiger partial charge in [0, 0.05) is 6.04 Å². The van der Waals surface area contributed by atoms with Gasteiger partial charge >= 0.3 is 0 Å². The number of carbonyl (C=O) groups is 1. The fourth-order valence-corrected chi connectivity index (χ4v) is 2.09. The van der Waals surface area contributed by atoms with Gasteiger partial charge in [-0.15, -0.1) is 0 Å². The minimum absolute atomic E-state index is 0.0283. The van der Waals surface area contributed by atoms with Gasteiger partial charge in [-0.1, -0.05) is 0 Å². The van der Waals surface area contributed by atoms with Crippen LogP contribution < -0.4 is 5.32 Å². The minimum Gasteiger partial charge on any atom is -0.323 e. The van der Waals surface area contributed by atoms with Crippen LogP contribution in [0.5, 0.6) is 0 Å². The third kappa shape index (κ3) is 1.04. The van der Waals surface area contributed by atoms with Crippen molar-refractivity contribution < 1.29 is 4.79 Å². The third-order valence-corrected chi connectivity index (χ3v) is 3.00. The average molecular weight is 168 g/mol. The zero-order chi connectivity index (χ0) is 8.72. The van der Waals surface area contributed by atoms with E-state index in [4.69, 9.17) is 0 Å². The highest BCUT2D eigenvalue weighted by Crippen LogP contribution is 2.28. The van der Waals surface area contributed by atoms with Crippen LogP contribution in [0.1, 0.15) is 33.1 Å². The van der Waals surface area contributed by atoms with Gasteiger partial charge in [-0.3, -0.25) is 10.1 Å². The number of hydrogen-bond acceptors (Lipinski definition) is 2. The van der Waals surface area contributed by atoms with E-state index in [2.05, 4.69) is 12.2 Å². The Morgan fingerprint density at radius 2 is 2.08 bits per heavy atom. The first-order valence-electron chi connectivity index (χ1n) is 4.78. The minimum atomic E-state index is 0.0283. The summed E-state index contributed by atoms with van der Waals surface area (Å²) in [5, 5.41) is 3.24. The third-order valence-electron chi connectivity index (χ3n) is 3.00. The summed E-state index contributed by atoms with van der Waals surface area (Å²) >= 11 is 0. The summed E-state index contributed by atoms with van der Waals surface area (Å²) in [6.45, 7) is 4.01. The largest absolute Gasteiger partial charge is 0.323 e. The number of hydrogen-bond donors (Lipinski definition) is 1. The number of rotatable bonds is 1. The lowest BCUT2D eigenvalue weighted by molar-refractivity contribution is -0.133. The maximum Gasteiger partial charge on any atom is 0.240 e. The van der Waals surface area contributed by atoms with Gasteiger partial charge in [0.2, 0.25) is 5.91 Å². The molecule has 68 valence electrons. The molecule has 2 aliphatic rings. The van der Waals surface area contributed by atoms with Crippen LogP contribution >= 0.6 is 0 Å². The molecule has 0 aromatic heterocycles. The lowest BCUT2D eigenvalue weighted by atomic mass is 9.91. The molecule has 1 saturated heterocycles. The maximum atomic E-state index is 11.6. The van der Waals surface area contributed by atoms with E-state index < -0.39 is 0 Å². The number of nitrogens with zero attached hydrogens (tertiary/aromatic N) is 1. The molecule has 1 aliphatic heterocycles. The molecule has 1 saturated carbocycles. The molecule has 1 aliphatic carbocycles. The molecule has 2 rings (SSSR count). The zero-order valence-corrected chi connectivity index (χ0v) is 7.71. The number of amides is 1. The normalized spacial score (nSPS) is 37.2. The molecule has 12 heavy (non-hydrogen) atoms. The second-order valence-corrected chi connectivity index (χ2v) is 3.89. The molecule has 1 amide bonds. The topological polar surface area (TPSA) is 32.3 Å². The van der Waals surface area contributed by atoms with Crippen LogP contribution in [0.15, 0.2) is 0 Å². The lowest BCUT2D eigenvalue weighted by Crippen LogP contribution is -2.46. The van der Waals surface area contributed by atoms with Crippen LogP contribution in [0, 0.1) is 0 Å². The number of carbonyl (C=O) groups excluding carboxylic acids is 1.